The molecule has 0 saturated heterocycles. The lowest BCUT2D eigenvalue weighted by molar-refractivity contribution is -0.118. The smallest absolute Gasteiger partial charge is 0.230 e. The Kier molecular flexibility index (Phi) is 7.37. The number of thioether (sulfide) groups is 1. The third-order valence-electron chi connectivity index (χ3n) is 4.23. The first-order valence-electron chi connectivity index (χ1n) is 8.95. The molecule has 0 saturated carbocycles. The highest BCUT2D eigenvalue weighted by Crippen LogP contribution is 2.35. The molecule has 0 heterocycles. The summed E-state index contributed by atoms with van der Waals surface area (Å²) >= 11 is 7.66. The number of hydrogen-bond donors (Lipinski definition) is 1. The summed E-state index contributed by atoms with van der Waals surface area (Å²) in [5.74, 6) is 0.475. The fourth-order valence-corrected chi connectivity index (χ4v) is 4.10. The fraction of sp³-hybridized carbons (Fsp3) is 0.174. The average Bonchev–Trinajstić information content (AvgIpc) is 2.71. The van der Waals surface area contributed by atoms with Crippen LogP contribution in [0.4, 0.5) is 0 Å². The van der Waals surface area contributed by atoms with E-state index in [2.05, 4.69) is 29.6 Å². The summed E-state index contributed by atoms with van der Waals surface area (Å²) in [6.45, 7) is 0.653. The number of hydrogen-bond acceptors (Lipinski definition) is 2. The van der Waals surface area contributed by atoms with Gasteiger partial charge < -0.3 is 5.32 Å². The predicted octanol–water partition coefficient (Wildman–Crippen LogP) is 5.52. The van der Waals surface area contributed by atoms with Crippen molar-refractivity contribution in [1.29, 1.82) is 0 Å². The van der Waals surface area contributed by atoms with E-state index in [9.17, 15) is 4.79 Å². The lowest BCUT2D eigenvalue weighted by Gasteiger charge is -2.18. The van der Waals surface area contributed by atoms with E-state index in [1.165, 1.54) is 11.1 Å². The second-order valence-corrected chi connectivity index (χ2v) is 7.77. The van der Waals surface area contributed by atoms with Gasteiger partial charge in [-0.15, -0.1) is 11.8 Å². The molecule has 1 amide bonds. The van der Waals surface area contributed by atoms with Gasteiger partial charge in [-0.2, -0.15) is 0 Å². The highest BCUT2D eigenvalue weighted by atomic mass is 35.5. The number of carbonyl (C=O) groups excluding carboxylic acids is 1. The molecule has 138 valence electrons. The van der Waals surface area contributed by atoms with Crippen LogP contribution in [-0.4, -0.2) is 18.2 Å². The molecule has 3 rings (SSSR count). The summed E-state index contributed by atoms with van der Waals surface area (Å²) < 4.78 is 0. The second kappa shape index (κ2) is 10.2. The van der Waals surface area contributed by atoms with E-state index >= 15 is 0 Å². The fourth-order valence-electron chi connectivity index (χ4n) is 2.85. The maximum absolute atomic E-state index is 12.3. The Labute approximate surface area is 170 Å². The first kappa shape index (κ1) is 19.5. The van der Waals surface area contributed by atoms with Crippen LogP contribution < -0.4 is 5.32 Å². The predicted molar refractivity (Wildman–Crippen MR) is 115 cm³/mol. The maximum Gasteiger partial charge on any atom is 0.230 e. The molecule has 0 radical (unpaired) electrons. The molecule has 3 aromatic rings. The van der Waals surface area contributed by atoms with Gasteiger partial charge in [-0.3, -0.25) is 4.79 Å². The van der Waals surface area contributed by atoms with Gasteiger partial charge in [0.15, 0.2) is 0 Å². The van der Waals surface area contributed by atoms with Crippen LogP contribution in [0.3, 0.4) is 0 Å². The number of halogens is 1. The van der Waals surface area contributed by atoms with Crippen LogP contribution in [0.2, 0.25) is 5.02 Å². The van der Waals surface area contributed by atoms with Gasteiger partial charge in [-0.1, -0.05) is 84.4 Å². The van der Waals surface area contributed by atoms with Crippen molar-refractivity contribution in [3.63, 3.8) is 0 Å². The Balaban J connectivity index is 1.57. The van der Waals surface area contributed by atoms with E-state index < -0.39 is 0 Å². The lowest BCUT2D eigenvalue weighted by Crippen LogP contribution is -2.27. The molecule has 0 aromatic heterocycles. The van der Waals surface area contributed by atoms with Gasteiger partial charge in [0.25, 0.3) is 0 Å². The Hall–Kier alpha value is -2.23. The summed E-state index contributed by atoms with van der Waals surface area (Å²) in [4.78, 5) is 12.3. The maximum atomic E-state index is 12.3. The molecule has 2 nitrogen and oxygen atoms in total. The largest absolute Gasteiger partial charge is 0.355 e. The molecule has 0 unspecified atom stereocenters. The van der Waals surface area contributed by atoms with Gasteiger partial charge in [0.1, 0.15) is 0 Å². The number of nitrogens with one attached hydrogen (secondary N) is 1. The molecule has 0 aliphatic carbocycles. The Morgan fingerprint density at radius 3 is 2.11 bits per heavy atom. The topological polar surface area (TPSA) is 29.1 Å². The van der Waals surface area contributed by atoms with Crippen LogP contribution >= 0.6 is 23.4 Å². The summed E-state index contributed by atoms with van der Waals surface area (Å²) in [5, 5.41) is 3.83. The van der Waals surface area contributed by atoms with Crippen LogP contribution in [0.15, 0.2) is 84.9 Å². The highest BCUT2D eigenvalue weighted by Gasteiger charge is 2.16. The molecule has 0 spiro atoms. The summed E-state index contributed by atoms with van der Waals surface area (Å²) in [6.07, 6.45) is 0.844. The van der Waals surface area contributed by atoms with Gasteiger partial charge in [-0.05, 0) is 35.2 Å². The molecule has 1 N–H and O–H groups in total. The quantitative estimate of drug-likeness (QED) is 0.544. The third kappa shape index (κ3) is 6.16. The molecule has 27 heavy (non-hydrogen) atoms. The Morgan fingerprint density at radius 2 is 1.44 bits per heavy atom. The number of benzene rings is 3. The SMILES string of the molecule is O=C(CS[C@H](c1ccccc1)c1ccc(Cl)cc1)NCCc1ccccc1. The minimum absolute atomic E-state index is 0.0609. The van der Waals surface area contributed by atoms with Crippen molar-refractivity contribution in [1.82, 2.24) is 5.32 Å². The zero-order chi connectivity index (χ0) is 18.9. The van der Waals surface area contributed by atoms with Crippen LogP contribution in [0.5, 0.6) is 0 Å². The molecular formula is C23H22ClNOS. The van der Waals surface area contributed by atoms with Crippen LogP contribution in [0, 0.1) is 0 Å². The number of amides is 1. The molecule has 4 heteroatoms. The zero-order valence-electron chi connectivity index (χ0n) is 15.0. The zero-order valence-corrected chi connectivity index (χ0v) is 16.5. The van der Waals surface area contributed by atoms with E-state index in [0.29, 0.717) is 17.3 Å². The first-order valence-corrected chi connectivity index (χ1v) is 10.4. The molecule has 1 atom stereocenters. The van der Waals surface area contributed by atoms with Gasteiger partial charge in [0, 0.05) is 11.6 Å². The van der Waals surface area contributed by atoms with Crippen molar-refractivity contribution < 1.29 is 4.79 Å². The van der Waals surface area contributed by atoms with Gasteiger partial charge in [-0.25, -0.2) is 0 Å². The summed E-state index contributed by atoms with van der Waals surface area (Å²) in [7, 11) is 0. The van der Waals surface area contributed by atoms with Crippen molar-refractivity contribution >= 4 is 29.3 Å². The second-order valence-electron chi connectivity index (χ2n) is 6.24. The normalized spacial score (nSPS) is 11.7. The molecule has 0 aliphatic heterocycles. The summed E-state index contributed by atoms with van der Waals surface area (Å²) in [5.41, 5.74) is 3.56. The van der Waals surface area contributed by atoms with Crippen LogP contribution in [0.1, 0.15) is 21.9 Å². The molecule has 0 bridgehead atoms. The number of rotatable bonds is 8. The van der Waals surface area contributed by atoms with E-state index in [-0.39, 0.29) is 11.2 Å². The van der Waals surface area contributed by atoms with Gasteiger partial charge in [0.2, 0.25) is 5.91 Å². The number of carbonyl (C=O) groups is 1. The summed E-state index contributed by atoms with van der Waals surface area (Å²) in [6, 6.07) is 28.3. The van der Waals surface area contributed by atoms with Crippen molar-refractivity contribution in [3.05, 3.63) is 107 Å². The van der Waals surface area contributed by atoms with Crippen molar-refractivity contribution in [3.8, 4) is 0 Å². The molecule has 0 fully saturated rings. The Morgan fingerprint density at radius 1 is 0.852 bits per heavy atom. The van der Waals surface area contributed by atoms with Crippen molar-refractivity contribution in [2.75, 3.05) is 12.3 Å². The molecule has 3 aromatic carbocycles. The molecular weight excluding hydrogens is 374 g/mol. The minimum Gasteiger partial charge on any atom is -0.355 e. The van der Waals surface area contributed by atoms with E-state index in [4.69, 9.17) is 11.6 Å². The first-order chi connectivity index (χ1) is 13.2. The van der Waals surface area contributed by atoms with Gasteiger partial charge >= 0.3 is 0 Å². The van der Waals surface area contributed by atoms with E-state index in [0.717, 1.165) is 12.0 Å². The minimum atomic E-state index is 0.0609. The molecule has 0 aliphatic rings. The van der Waals surface area contributed by atoms with Gasteiger partial charge in [0.05, 0.1) is 11.0 Å². The lowest BCUT2D eigenvalue weighted by atomic mass is 10.0. The Bertz CT molecular complexity index is 837. The van der Waals surface area contributed by atoms with Crippen LogP contribution in [0.25, 0.3) is 0 Å². The highest BCUT2D eigenvalue weighted by molar-refractivity contribution is 8.00. The van der Waals surface area contributed by atoms with E-state index in [1.54, 1.807) is 11.8 Å². The monoisotopic (exact) mass is 395 g/mol. The van der Waals surface area contributed by atoms with Crippen molar-refractivity contribution in [2.24, 2.45) is 0 Å². The average molecular weight is 396 g/mol. The van der Waals surface area contributed by atoms with Crippen LogP contribution in [-0.2, 0) is 11.2 Å². The third-order valence-corrected chi connectivity index (χ3v) is 5.79. The van der Waals surface area contributed by atoms with Crippen molar-refractivity contribution in [2.45, 2.75) is 11.7 Å². The standard InChI is InChI=1S/C23H22ClNOS/c24-21-13-11-20(12-14-21)23(19-9-5-2-6-10-19)27-17-22(26)25-16-15-18-7-3-1-4-8-18/h1-14,23H,15-17H2,(H,25,26)/t23-/m1/s1. The van der Waals surface area contributed by atoms with E-state index in [1.807, 2.05) is 60.7 Å².